The first-order valence-corrected chi connectivity index (χ1v) is 8.73. The van der Waals surface area contributed by atoms with E-state index in [0.29, 0.717) is 37.8 Å². The highest BCUT2D eigenvalue weighted by atomic mass is 19.1. The molecule has 0 saturated carbocycles. The van der Waals surface area contributed by atoms with Gasteiger partial charge in [-0.15, -0.1) is 0 Å². The van der Waals surface area contributed by atoms with Gasteiger partial charge in [0.25, 0.3) is 0 Å². The zero-order chi connectivity index (χ0) is 16.9. The number of amides is 1. The number of hydrogen-bond donors (Lipinski definition) is 2. The summed E-state index contributed by atoms with van der Waals surface area (Å²) in [6, 6.07) is 6.06. The van der Waals surface area contributed by atoms with Gasteiger partial charge in [0.1, 0.15) is 11.9 Å². The van der Waals surface area contributed by atoms with E-state index in [2.05, 4.69) is 22.5 Å². The number of carbonyl (C=O) groups is 1. The van der Waals surface area contributed by atoms with Gasteiger partial charge in [0, 0.05) is 19.1 Å². The van der Waals surface area contributed by atoms with Crippen molar-refractivity contribution in [3.8, 4) is 0 Å². The summed E-state index contributed by atoms with van der Waals surface area (Å²) < 4.78 is 19.1. The predicted octanol–water partition coefficient (Wildman–Crippen LogP) is 1.31. The number of ether oxygens (including phenoxy) is 1. The molecule has 0 aliphatic carbocycles. The molecule has 2 aliphatic rings. The molecule has 1 aromatic rings. The number of benzene rings is 1. The third-order valence-corrected chi connectivity index (χ3v) is 4.94. The second-order valence-corrected chi connectivity index (χ2v) is 6.69. The SMILES string of the molecule is CC1CNCCC1NC(=O)C(c1cccc(F)c1)N1CCOCC1. The summed E-state index contributed by atoms with van der Waals surface area (Å²) in [5, 5.41) is 6.54. The summed E-state index contributed by atoms with van der Waals surface area (Å²) in [6.45, 7) is 6.52. The summed E-state index contributed by atoms with van der Waals surface area (Å²) in [6.07, 6.45) is 0.923. The van der Waals surface area contributed by atoms with Gasteiger partial charge < -0.3 is 15.4 Å². The summed E-state index contributed by atoms with van der Waals surface area (Å²) in [7, 11) is 0. The molecule has 3 atom stereocenters. The lowest BCUT2D eigenvalue weighted by molar-refractivity contribution is -0.129. The molecule has 3 unspecified atom stereocenters. The van der Waals surface area contributed by atoms with Crippen molar-refractivity contribution in [2.45, 2.75) is 25.4 Å². The summed E-state index contributed by atoms with van der Waals surface area (Å²) in [5.41, 5.74) is 0.705. The normalized spacial score (nSPS) is 26.8. The standard InChI is InChI=1S/C18H26FN3O2/c1-13-12-20-6-5-16(13)21-18(23)17(22-7-9-24-10-8-22)14-3-2-4-15(19)11-14/h2-4,11,13,16-17,20H,5-10,12H2,1H3,(H,21,23). The molecule has 0 radical (unpaired) electrons. The van der Waals surface area contributed by atoms with Crippen molar-refractivity contribution in [1.82, 2.24) is 15.5 Å². The van der Waals surface area contributed by atoms with E-state index >= 15 is 0 Å². The molecule has 0 bridgehead atoms. The number of nitrogens with one attached hydrogen (secondary N) is 2. The van der Waals surface area contributed by atoms with Crippen molar-refractivity contribution in [1.29, 1.82) is 0 Å². The highest BCUT2D eigenvalue weighted by Gasteiger charge is 2.32. The second kappa shape index (κ2) is 8.05. The van der Waals surface area contributed by atoms with Crippen molar-refractivity contribution in [2.75, 3.05) is 39.4 Å². The fourth-order valence-corrected chi connectivity index (χ4v) is 3.53. The van der Waals surface area contributed by atoms with Crippen LogP contribution >= 0.6 is 0 Å². The molecule has 0 spiro atoms. The lowest BCUT2D eigenvalue weighted by Gasteiger charge is -2.36. The Morgan fingerprint density at radius 3 is 2.92 bits per heavy atom. The summed E-state index contributed by atoms with van der Waals surface area (Å²) in [4.78, 5) is 15.1. The molecule has 1 aromatic carbocycles. The molecule has 2 N–H and O–H groups in total. The molecular weight excluding hydrogens is 309 g/mol. The maximum absolute atomic E-state index is 13.7. The van der Waals surface area contributed by atoms with Crippen LogP contribution in [-0.2, 0) is 9.53 Å². The van der Waals surface area contributed by atoms with Gasteiger partial charge in [-0.1, -0.05) is 19.1 Å². The maximum atomic E-state index is 13.7. The van der Waals surface area contributed by atoms with Gasteiger partial charge in [-0.2, -0.15) is 0 Å². The molecule has 6 heteroatoms. The monoisotopic (exact) mass is 335 g/mol. The minimum Gasteiger partial charge on any atom is -0.379 e. The van der Waals surface area contributed by atoms with Gasteiger partial charge in [0.05, 0.1) is 13.2 Å². The molecular formula is C18H26FN3O2. The Hall–Kier alpha value is -1.50. The Labute approximate surface area is 142 Å². The van der Waals surface area contributed by atoms with E-state index in [-0.39, 0.29) is 17.8 Å². The predicted molar refractivity (Wildman–Crippen MR) is 90.1 cm³/mol. The van der Waals surface area contributed by atoms with Gasteiger partial charge in [0.15, 0.2) is 0 Å². The van der Waals surface area contributed by atoms with Gasteiger partial charge in [0.2, 0.25) is 5.91 Å². The lowest BCUT2D eigenvalue weighted by Crippen LogP contribution is -2.52. The van der Waals surface area contributed by atoms with Crippen LogP contribution in [0.3, 0.4) is 0 Å². The van der Waals surface area contributed by atoms with Crippen LogP contribution < -0.4 is 10.6 Å². The van der Waals surface area contributed by atoms with Crippen molar-refractivity contribution in [3.63, 3.8) is 0 Å². The van der Waals surface area contributed by atoms with Crippen molar-refractivity contribution in [3.05, 3.63) is 35.6 Å². The molecule has 24 heavy (non-hydrogen) atoms. The maximum Gasteiger partial charge on any atom is 0.242 e. The van der Waals surface area contributed by atoms with Gasteiger partial charge in [-0.3, -0.25) is 9.69 Å². The first-order valence-electron chi connectivity index (χ1n) is 8.73. The van der Waals surface area contributed by atoms with E-state index in [4.69, 9.17) is 4.74 Å². The number of halogens is 1. The Balaban J connectivity index is 1.79. The lowest BCUT2D eigenvalue weighted by atomic mass is 9.94. The van der Waals surface area contributed by atoms with E-state index in [1.54, 1.807) is 6.07 Å². The van der Waals surface area contributed by atoms with Crippen LogP contribution in [0.15, 0.2) is 24.3 Å². The van der Waals surface area contributed by atoms with Gasteiger partial charge in [-0.05, 0) is 43.1 Å². The number of morpholine rings is 1. The first kappa shape index (κ1) is 17.3. The Bertz CT molecular complexity index is 563. The van der Waals surface area contributed by atoms with E-state index in [1.807, 2.05) is 6.07 Å². The highest BCUT2D eigenvalue weighted by molar-refractivity contribution is 5.83. The fraction of sp³-hybridized carbons (Fsp3) is 0.611. The molecule has 2 heterocycles. The summed E-state index contributed by atoms with van der Waals surface area (Å²) >= 11 is 0. The van der Waals surface area contributed by atoms with Crippen molar-refractivity contribution in [2.24, 2.45) is 5.92 Å². The minimum atomic E-state index is -0.466. The first-order chi connectivity index (χ1) is 11.6. The minimum absolute atomic E-state index is 0.0405. The second-order valence-electron chi connectivity index (χ2n) is 6.69. The van der Waals surface area contributed by atoms with Crippen LogP contribution in [0.1, 0.15) is 24.9 Å². The average Bonchev–Trinajstić information content (AvgIpc) is 2.58. The van der Waals surface area contributed by atoms with Crippen LogP contribution in [-0.4, -0.2) is 56.2 Å². The Kier molecular flexibility index (Phi) is 5.81. The molecule has 3 rings (SSSR count). The van der Waals surface area contributed by atoms with Crippen molar-refractivity contribution >= 4 is 5.91 Å². The molecule has 2 aliphatic heterocycles. The molecule has 0 aromatic heterocycles. The van der Waals surface area contributed by atoms with Crippen LogP contribution in [0.4, 0.5) is 4.39 Å². The van der Waals surface area contributed by atoms with Gasteiger partial charge in [-0.25, -0.2) is 4.39 Å². The van der Waals surface area contributed by atoms with E-state index in [0.717, 1.165) is 19.5 Å². The van der Waals surface area contributed by atoms with Gasteiger partial charge >= 0.3 is 0 Å². The molecule has 132 valence electrons. The zero-order valence-corrected chi connectivity index (χ0v) is 14.1. The number of piperidine rings is 1. The average molecular weight is 335 g/mol. The zero-order valence-electron chi connectivity index (χ0n) is 14.1. The summed E-state index contributed by atoms with van der Waals surface area (Å²) in [5.74, 6) is 0.0376. The quantitative estimate of drug-likeness (QED) is 0.871. The Morgan fingerprint density at radius 1 is 1.42 bits per heavy atom. The Morgan fingerprint density at radius 2 is 2.21 bits per heavy atom. The highest BCUT2D eigenvalue weighted by Crippen LogP contribution is 2.24. The fourth-order valence-electron chi connectivity index (χ4n) is 3.53. The van der Waals surface area contributed by atoms with Crippen molar-refractivity contribution < 1.29 is 13.9 Å². The largest absolute Gasteiger partial charge is 0.379 e. The van der Waals surface area contributed by atoms with E-state index < -0.39 is 6.04 Å². The molecule has 2 saturated heterocycles. The van der Waals surface area contributed by atoms with Crippen LogP contribution in [0.25, 0.3) is 0 Å². The molecule has 5 nitrogen and oxygen atoms in total. The van der Waals surface area contributed by atoms with E-state index in [1.165, 1.54) is 12.1 Å². The van der Waals surface area contributed by atoms with E-state index in [9.17, 15) is 9.18 Å². The number of carbonyl (C=O) groups excluding carboxylic acids is 1. The smallest absolute Gasteiger partial charge is 0.242 e. The third kappa shape index (κ3) is 4.12. The van der Waals surface area contributed by atoms with Crippen LogP contribution in [0.5, 0.6) is 0 Å². The topological polar surface area (TPSA) is 53.6 Å². The van der Waals surface area contributed by atoms with Crippen LogP contribution in [0.2, 0.25) is 0 Å². The van der Waals surface area contributed by atoms with Crippen LogP contribution in [0, 0.1) is 11.7 Å². The number of hydrogen-bond acceptors (Lipinski definition) is 4. The molecule has 2 fully saturated rings. The molecule has 1 amide bonds. The number of rotatable bonds is 4. The number of nitrogens with zero attached hydrogens (tertiary/aromatic N) is 1. The third-order valence-electron chi connectivity index (χ3n) is 4.94.